The summed E-state index contributed by atoms with van der Waals surface area (Å²) in [6.07, 6.45) is -4.27. The minimum Gasteiger partial charge on any atom is -0.166 e. The van der Waals surface area contributed by atoms with E-state index in [9.17, 15) is 13.2 Å². The first-order chi connectivity index (χ1) is 8.97. The first-order valence-corrected chi connectivity index (χ1v) is 6.21. The van der Waals surface area contributed by atoms with Crippen LogP contribution in [0, 0.1) is 6.92 Å². The Morgan fingerprint density at radius 2 is 1.37 bits per heavy atom. The Hall–Kier alpha value is -1.77. The minimum atomic E-state index is -4.27. The summed E-state index contributed by atoms with van der Waals surface area (Å²) in [5.74, 6) is 0. The lowest BCUT2D eigenvalue weighted by atomic mass is 10.0. The Labute approximate surface area is 111 Å². The monoisotopic (exact) mass is 266 g/mol. The highest BCUT2D eigenvalue weighted by atomic mass is 19.4. The lowest BCUT2D eigenvalue weighted by Crippen LogP contribution is -2.03. The molecule has 0 aliphatic carbocycles. The van der Waals surface area contributed by atoms with Crippen molar-refractivity contribution in [3.05, 3.63) is 59.7 Å². The molecule has 19 heavy (non-hydrogen) atoms. The van der Waals surface area contributed by atoms with E-state index in [1.807, 2.05) is 45.0 Å². The number of benzene rings is 2. The van der Waals surface area contributed by atoms with Crippen LogP contribution in [0.15, 0.2) is 48.5 Å². The summed E-state index contributed by atoms with van der Waals surface area (Å²) in [6.45, 7) is 5.95. The van der Waals surface area contributed by atoms with E-state index in [-0.39, 0.29) is 0 Å². The Kier molecular flexibility index (Phi) is 5.16. The molecule has 2 rings (SSSR count). The lowest BCUT2D eigenvalue weighted by molar-refractivity contribution is -0.137. The summed E-state index contributed by atoms with van der Waals surface area (Å²) in [7, 11) is 0. The van der Waals surface area contributed by atoms with Crippen molar-refractivity contribution >= 4 is 0 Å². The molecule has 102 valence electrons. The number of hydrogen-bond acceptors (Lipinski definition) is 0. The molecule has 0 aliphatic rings. The van der Waals surface area contributed by atoms with Crippen molar-refractivity contribution in [2.24, 2.45) is 0 Å². The highest BCUT2D eigenvalue weighted by Gasteiger charge is 2.29. The van der Waals surface area contributed by atoms with E-state index in [1.165, 1.54) is 12.1 Å². The zero-order valence-electron chi connectivity index (χ0n) is 11.3. The molecule has 0 saturated heterocycles. The van der Waals surface area contributed by atoms with Crippen molar-refractivity contribution in [2.45, 2.75) is 26.9 Å². The Morgan fingerprint density at radius 1 is 0.789 bits per heavy atom. The molecule has 0 saturated carbocycles. The molecular weight excluding hydrogens is 249 g/mol. The van der Waals surface area contributed by atoms with Crippen LogP contribution in [0.4, 0.5) is 13.2 Å². The van der Waals surface area contributed by atoms with Gasteiger partial charge in [0.1, 0.15) is 0 Å². The molecule has 0 spiro atoms. The summed E-state index contributed by atoms with van der Waals surface area (Å²) in [5, 5.41) is 0. The van der Waals surface area contributed by atoms with E-state index in [0.29, 0.717) is 0 Å². The number of rotatable bonds is 1. The fourth-order valence-corrected chi connectivity index (χ4v) is 1.68. The highest BCUT2D eigenvalue weighted by Crippen LogP contribution is 2.31. The smallest absolute Gasteiger partial charge is 0.166 e. The molecule has 0 amide bonds. The van der Waals surface area contributed by atoms with Gasteiger partial charge in [-0.2, -0.15) is 13.2 Å². The second kappa shape index (κ2) is 6.41. The van der Waals surface area contributed by atoms with Crippen molar-refractivity contribution in [1.29, 1.82) is 0 Å². The van der Waals surface area contributed by atoms with Crippen LogP contribution in [0.1, 0.15) is 25.0 Å². The van der Waals surface area contributed by atoms with Crippen molar-refractivity contribution in [3.63, 3.8) is 0 Å². The molecule has 0 heterocycles. The number of aryl methyl sites for hydroxylation is 1. The maximum absolute atomic E-state index is 12.4. The summed E-state index contributed by atoms with van der Waals surface area (Å²) >= 11 is 0. The van der Waals surface area contributed by atoms with Crippen LogP contribution in [0.5, 0.6) is 0 Å². The van der Waals surface area contributed by atoms with Gasteiger partial charge in [-0.05, 0) is 30.2 Å². The molecule has 0 unspecified atom stereocenters. The van der Waals surface area contributed by atoms with Crippen molar-refractivity contribution in [2.75, 3.05) is 0 Å². The maximum Gasteiger partial charge on any atom is 0.416 e. The average Bonchev–Trinajstić information content (AvgIpc) is 2.40. The van der Waals surface area contributed by atoms with Crippen LogP contribution in [0.25, 0.3) is 11.1 Å². The van der Waals surface area contributed by atoms with Gasteiger partial charge < -0.3 is 0 Å². The number of halogens is 3. The van der Waals surface area contributed by atoms with Gasteiger partial charge in [-0.1, -0.05) is 55.8 Å². The number of alkyl halides is 3. The first-order valence-electron chi connectivity index (χ1n) is 6.21. The molecule has 2 aromatic carbocycles. The Bertz CT molecular complexity index is 510. The fraction of sp³-hybridized carbons (Fsp3) is 0.250. The molecular formula is C16H17F3. The first kappa shape index (κ1) is 15.3. The van der Waals surface area contributed by atoms with Gasteiger partial charge in [0.2, 0.25) is 0 Å². The Balaban J connectivity index is 0.000000861. The summed E-state index contributed by atoms with van der Waals surface area (Å²) < 4.78 is 37.2. The predicted octanol–water partition coefficient (Wildman–Crippen LogP) is 5.71. The van der Waals surface area contributed by atoms with Gasteiger partial charge in [0, 0.05) is 0 Å². The standard InChI is InChI=1S/C14H11F3.C2H6/c1-10-3-2-4-12(9-10)11-5-7-13(8-6-11)14(15,16)17;1-2/h2-9H,1H3;1-2H3. The van der Waals surface area contributed by atoms with Gasteiger partial charge in [0.15, 0.2) is 0 Å². The highest BCUT2D eigenvalue weighted by molar-refractivity contribution is 5.64. The van der Waals surface area contributed by atoms with Crippen molar-refractivity contribution in [1.82, 2.24) is 0 Å². The summed E-state index contributed by atoms with van der Waals surface area (Å²) in [4.78, 5) is 0. The van der Waals surface area contributed by atoms with Crippen molar-refractivity contribution < 1.29 is 13.2 Å². The molecule has 0 atom stereocenters. The second-order valence-electron chi connectivity index (χ2n) is 3.94. The third kappa shape index (κ3) is 4.12. The molecule has 0 fully saturated rings. The van der Waals surface area contributed by atoms with Crippen LogP contribution in [-0.4, -0.2) is 0 Å². The average molecular weight is 266 g/mol. The summed E-state index contributed by atoms with van der Waals surface area (Å²) in [6, 6.07) is 12.9. The van der Waals surface area contributed by atoms with E-state index in [2.05, 4.69) is 0 Å². The summed E-state index contributed by atoms with van der Waals surface area (Å²) in [5.41, 5.74) is 2.19. The molecule has 0 aromatic heterocycles. The molecule has 0 nitrogen and oxygen atoms in total. The lowest BCUT2D eigenvalue weighted by Gasteiger charge is -2.08. The number of hydrogen-bond donors (Lipinski definition) is 0. The SMILES string of the molecule is CC.Cc1cccc(-c2ccc(C(F)(F)F)cc2)c1. The minimum absolute atomic E-state index is 0.617. The van der Waals surface area contributed by atoms with Crippen LogP contribution in [0.2, 0.25) is 0 Å². The molecule has 3 heteroatoms. The molecule has 0 radical (unpaired) electrons. The zero-order chi connectivity index (χ0) is 14.5. The van der Waals surface area contributed by atoms with E-state index in [1.54, 1.807) is 0 Å². The normalized spacial score (nSPS) is 10.6. The molecule has 0 N–H and O–H groups in total. The van der Waals surface area contributed by atoms with Gasteiger partial charge in [-0.15, -0.1) is 0 Å². The topological polar surface area (TPSA) is 0 Å². The van der Waals surface area contributed by atoms with Crippen LogP contribution in [-0.2, 0) is 6.18 Å². The largest absolute Gasteiger partial charge is 0.416 e. The van der Waals surface area contributed by atoms with E-state index in [0.717, 1.165) is 28.8 Å². The van der Waals surface area contributed by atoms with Crippen LogP contribution in [0.3, 0.4) is 0 Å². The third-order valence-electron chi connectivity index (χ3n) is 2.56. The molecule has 2 aromatic rings. The van der Waals surface area contributed by atoms with Gasteiger partial charge in [-0.3, -0.25) is 0 Å². The van der Waals surface area contributed by atoms with Crippen molar-refractivity contribution in [3.8, 4) is 11.1 Å². The third-order valence-corrected chi connectivity index (χ3v) is 2.56. The van der Waals surface area contributed by atoms with E-state index in [4.69, 9.17) is 0 Å². The predicted molar refractivity (Wildman–Crippen MR) is 73.0 cm³/mol. The van der Waals surface area contributed by atoms with E-state index >= 15 is 0 Å². The maximum atomic E-state index is 12.4. The quantitative estimate of drug-likeness (QED) is 0.620. The Morgan fingerprint density at radius 3 is 1.84 bits per heavy atom. The van der Waals surface area contributed by atoms with Gasteiger partial charge in [0.25, 0.3) is 0 Å². The fourth-order valence-electron chi connectivity index (χ4n) is 1.68. The second-order valence-corrected chi connectivity index (χ2v) is 3.94. The van der Waals surface area contributed by atoms with E-state index < -0.39 is 11.7 Å². The van der Waals surface area contributed by atoms with Gasteiger partial charge in [0.05, 0.1) is 5.56 Å². The molecule has 0 bridgehead atoms. The van der Waals surface area contributed by atoms with Gasteiger partial charge >= 0.3 is 6.18 Å². The van der Waals surface area contributed by atoms with Crippen LogP contribution >= 0.6 is 0 Å². The van der Waals surface area contributed by atoms with Crippen LogP contribution < -0.4 is 0 Å². The molecule has 0 aliphatic heterocycles. The zero-order valence-corrected chi connectivity index (χ0v) is 11.3. The van der Waals surface area contributed by atoms with Gasteiger partial charge in [-0.25, -0.2) is 0 Å².